The number of carboxylic acid groups (broad SMARTS) is 2. The van der Waals surface area contributed by atoms with Gasteiger partial charge in [0.15, 0.2) is 0 Å². The maximum Gasteiger partial charge on any atom is 0.326 e. The zero-order valence-electron chi connectivity index (χ0n) is 11.5. The Morgan fingerprint density at radius 3 is 2.19 bits per heavy atom. The number of aliphatic carboxylic acids is 2. The summed E-state index contributed by atoms with van der Waals surface area (Å²) in [6.45, 7) is -0.305. The van der Waals surface area contributed by atoms with Crippen LogP contribution in [0.25, 0.3) is 0 Å². The first-order valence-electron chi connectivity index (χ1n) is 6.05. The molecule has 120 valence electrons. The number of rotatable bonds is 10. The highest BCUT2D eigenvalue weighted by atomic mass is 32.2. The maximum absolute atomic E-state index is 12.0. The lowest BCUT2D eigenvalue weighted by Crippen LogP contribution is -2.53. The fourth-order valence-electron chi connectivity index (χ4n) is 1.40. The molecule has 0 rings (SSSR count). The molecular formula is C11H19N3O6S. The number of carbonyl (C=O) groups excluding carboxylic acids is 2. The minimum absolute atomic E-state index is 0.276. The van der Waals surface area contributed by atoms with Crippen LogP contribution in [0.4, 0.5) is 0 Å². The van der Waals surface area contributed by atoms with Crippen molar-refractivity contribution in [1.82, 2.24) is 10.6 Å². The van der Waals surface area contributed by atoms with Gasteiger partial charge in [-0.05, 0) is 18.4 Å². The Morgan fingerprint density at radius 2 is 1.76 bits per heavy atom. The summed E-state index contributed by atoms with van der Waals surface area (Å²) in [5.74, 6) is -3.56. The molecule has 0 spiro atoms. The van der Waals surface area contributed by atoms with Gasteiger partial charge in [0, 0.05) is 0 Å². The van der Waals surface area contributed by atoms with Crippen molar-refractivity contribution in [2.75, 3.05) is 18.6 Å². The molecule has 0 aliphatic rings. The summed E-state index contributed by atoms with van der Waals surface area (Å²) in [6, 6.07) is -2.51. The molecule has 0 saturated heterocycles. The van der Waals surface area contributed by atoms with Crippen LogP contribution in [0, 0.1) is 0 Å². The molecule has 0 aromatic carbocycles. The van der Waals surface area contributed by atoms with Crippen molar-refractivity contribution in [3.8, 4) is 0 Å². The summed E-state index contributed by atoms with van der Waals surface area (Å²) in [5.41, 5.74) is 5.14. The van der Waals surface area contributed by atoms with Gasteiger partial charge in [-0.3, -0.25) is 14.4 Å². The second-order valence-corrected chi connectivity index (χ2v) is 5.09. The third kappa shape index (κ3) is 8.15. The fourth-order valence-corrected chi connectivity index (χ4v) is 1.88. The summed E-state index contributed by atoms with van der Waals surface area (Å²) < 4.78 is 0. The van der Waals surface area contributed by atoms with Crippen molar-refractivity contribution in [3.05, 3.63) is 0 Å². The Balaban J connectivity index is 4.78. The van der Waals surface area contributed by atoms with E-state index < -0.39 is 42.3 Å². The standard InChI is InChI=1S/C11H19N3O6S/c1-21-3-2-6(13-8(15)5-12)10(18)14-7(11(19)20)4-9(16)17/h6-7H,2-5,12H2,1H3,(H,13,15)(H,14,18)(H,16,17)(H,19,20). The molecule has 2 atom stereocenters. The van der Waals surface area contributed by atoms with E-state index >= 15 is 0 Å². The van der Waals surface area contributed by atoms with E-state index in [1.54, 1.807) is 0 Å². The highest BCUT2D eigenvalue weighted by Crippen LogP contribution is 2.03. The van der Waals surface area contributed by atoms with E-state index in [2.05, 4.69) is 10.6 Å². The molecular weight excluding hydrogens is 302 g/mol. The molecule has 0 bridgehead atoms. The maximum atomic E-state index is 12.0. The third-order valence-electron chi connectivity index (χ3n) is 2.44. The molecule has 0 fully saturated rings. The molecule has 6 N–H and O–H groups in total. The average molecular weight is 321 g/mol. The second kappa shape index (κ2) is 10.00. The number of nitrogens with one attached hydrogen (secondary N) is 2. The number of hydrogen-bond acceptors (Lipinski definition) is 6. The Morgan fingerprint density at radius 1 is 1.14 bits per heavy atom. The van der Waals surface area contributed by atoms with Gasteiger partial charge in [-0.2, -0.15) is 11.8 Å². The quantitative estimate of drug-likeness (QED) is 0.316. The number of hydrogen-bond donors (Lipinski definition) is 5. The van der Waals surface area contributed by atoms with Gasteiger partial charge in [-0.25, -0.2) is 4.79 Å². The van der Waals surface area contributed by atoms with Crippen molar-refractivity contribution in [1.29, 1.82) is 0 Å². The first-order valence-corrected chi connectivity index (χ1v) is 7.44. The topological polar surface area (TPSA) is 159 Å². The zero-order valence-corrected chi connectivity index (χ0v) is 12.3. The van der Waals surface area contributed by atoms with Gasteiger partial charge in [0.25, 0.3) is 0 Å². The first kappa shape index (κ1) is 19.2. The molecule has 0 radical (unpaired) electrons. The van der Waals surface area contributed by atoms with Crippen LogP contribution in [0.15, 0.2) is 0 Å². The Bertz CT molecular complexity index is 403. The summed E-state index contributed by atoms with van der Waals surface area (Å²) in [6.07, 6.45) is 1.34. The van der Waals surface area contributed by atoms with Crippen molar-refractivity contribution >= 4 is 35.5 Å². The zero-order chi connectivity index (χ0) is 16.4. The first-order chi connectivity index (χ1) is 9.81. The van der Waals surface area contributed by atoms with E-state index in [-0.39, 0.29) is 13.0 Å². The predicted molar refractivity (Wildman–Crippen MR) is 75.8 cm³/mol. The molecule has 10 heteroatoms. The molecule has 0 heterocycles. The lowest BCUT2D eigenvalue weighted by Gasteiger charge is -2.20. The minimum Gasteiger partial charge on any atom is -0.481 e. The number of thioether (sulfide) groups is 1. The van der Waals surface area contributed by atoms with Crippen molar-refractivity contribution in [3.63, 3.8) is 0 Å². The van der Waals surface area contributed by atoms with Gasteiger partial charge >= 0.3 is 11.9 Å². The molecule has 2 unspecified atom stereocenters. The highest BCUT2D eigenvalue weighted by molar-refractivity contribution is 7.98. The van der Waals surface area contributed by atoms with Crippen molar-refractivity contribution < 1.29 is 29.4 Å². The summed E-state index contributed by atoms with van der Waals surface area (Å²) >= 11 is 1.44. The summed E-state index contributed by atoms with van der Waals surface area (Å²) in [7, 11) is 0. The number of nitrogens with two attached hydrogens (primary N) is 1. The molecule has 0 aliphatic heterocycles. The largest absolute Gasteiger partial charge is 0.481 e. The van der Waals surface area contributed by atoms with Gasteiger partial charge in [0.2, 0.25) is 11.8 Å². The number of carbonyl (C=O) groups is 4. The van der Waals surface area contributed by atoms with E-state index in [1.807, 2.05) is 6.26 Å². The molecule has 0 saturated carbocycles. The van der Waals surface area contributed by atoms with Crippen LogP contribution in [0.3, 0.4) is 0 Å². The summed E-state index contributed by atoms with van der Waals surface area (Å²) in [5, 5.41) is 21.9. The minimum atomic E-state index is -1.55. The van der Waals surface area contributed by atoms with E-state index in [1.165, 1.54) is 11.8 Å². The second-order valence-electron chi connectivity index (χ2n) is 4.10. The predicted octanol–water partition coefficient (Wildman–Crippen LogP) is -1.77. The average Bonchev–Trinajstić information content (AvgIpc) is 2.41. The van der Waals surface area contributed by atoms with Gasteiger partial charge < -0.3 is 26.6 Å². The molecule has 21 heavy (non-hydrogen) atoms. The van der Waals surface area contributed by atoms with E-state index in [9.17, 15) is 19.2 Å². The molecule has 2 amide bonds. The van der Waals surface area contributed by atoms with Crippen LogP contribution in [0.1, 0.15) is 12.8 Å². The van der Waals surface area contributed by atoms with E-state index in [0.29, 0.717) is 5.75 Å². The van der Waals surface area contributed by atoms with Crippen LogP contribution >= 0.6 is 11.8 Å². The fraction of sp³-hybridized carbons (Fsp3) is 0.636. The summed E-state index contributed by atoms with van der Waals surface area (Å²) in [4.78, 5) is 44.7. The number of amides is 2. The monoisotopic (exact) mass is 321 g/mol. The van der Waals surface area contributed by atoms with Crippen LogP contribution < -0.4 is 16.4 Å². The highest BCUT2D eigenvalue weighted by Gasteiger charge is 2.27. The molecule has 0 aliphatic carbocycles. The van der Waals surface area contributed by atoms with Gasteiger partial charge in [0.05, 0.1) is 13.0 Å². The van der Waals surface area contributed by atoms with Crippen LogP contribution in [-0.2, 0) is 19.2 Å². The Hall–Kier alpha value is -1.81. The Labute approximate surface area is 125 Å². The lowest BCUT2D eigenvalue weighted by atomic mass is 10.1. The van der Waals surface area contributed by atoms with Gasteiger partial charge in [-0.15, -0.1) is 0 Å². The molecule has 9 nitrogen and oxygen atoms in total. The van der Waals surface area contributed by atoms with Crippen molar-refractivity contribution in [2.45, 2.75) is 24.9 Å². The molecule has 0 aromatic rings. The lowest BCUT2D eigenvalue weighted by molar-refractivity contribution is -0.147. The van der Waals surface area contributed by atoms with Crippen LogP contribution in [0.5, 0.6) is 0 Å². The Kier molecular flexibility index (Phi) is 9.13. The van der Waals surface area contributed by atoms with Crippen LogP contribution in [0.2, 0.25) is 0 Å². The smallest absolute Gasteiger partial charge is 0.326 e. The normalized spacial score (nSPS) is 13.0. The SMILES string of the molecule is CSCCC(NC(=O)CN)C(=O)NC(CC(=O)O)C(=O)O. The van der Waals surface area contributed by atoms with E-state index in [4.69, 9.17) is 15.9 Å². The third-order valence-corrected chi connectivity index (χ3v) is 3.09. The molecule has 0 aromatic heterocycles. The van der Waals surface area contributed by atoms with E-state index in [0.717, 1.165) is 0 Å². The van der Waals surface area contributed by atoms with Gasteiger partial charge in [0.1, 0.15) is 12.1 Å². The van der Waals surface area contributed by atoms with Crippen LogP contribution in [-0.4, -0.2) is 64.6 Å². The van der Waals surface area contributed by atoms with Gasteiger partial charge in [-0.1, -0.05) is 0 Å². The number of carboxylic acids is 2. The van der Waals surface area contributed by atoms with Crippen molar-refractivity contribution in [2.24, 2.45) is 5.73 Å².